The summed E-state index contributed by atoms with van der Waals surface area (Å²) in [6.07, 6.45) is 1.75. The molecule has 4 heteroatoms. The van der Waals surface area contributed by atoms with Gasteiger partial charge in [-0.3, -0.25) is 4.79 Å². The topological polar surface area (TPSA) is 62.1 Å². The van der Waals surface area contributed by atoms with Gasteiger partial charge in [0.2, 0.25) is 0 Å². The number of carbonyl (C=O) groups is 1. The Labute approximate surface area is 100 Å². The third-order valence-electron chi connectivity index (χ3n) is 2.99. The summed E-state index contributed by atoms with van der Waals surface area (Å²) < 4.78 is 0. The van der Waals surface area contributed by atoms with E-state index in [-0.39, 0.29) is 5.91 Å². The van der Waals surface area contributed by atoms with Crippen molar-refractivity contribution in [3.63, 3.8) is 0 Å². The first kappa shape index (κ1) is 11.5. The fourth-order valence-electron chi connectivity index (χ4n) is 2.00. The first-order valence-corrected chi connectivity index (χ1v) is 5.83. The largest absolute Gasteiger partial charge is 0.399 e. The molecule has 2 aromatic rings. The summed E-state index contributed by atoms with van der Waals surface area (Å²) in [6.45, 7) is 5.40. The minimum atomic E-state index is 0.0611. The van der Waals surface area contributed by atoms with Gasteiger partial charge in [-0.1, -0.05) is 0 Å². The zero-order chi connectivity index (χ0) is 12.4. The van der Waals surface area contributed by atoms with E-state index in [0.717, 1.165) is 24.0 Å². The lowest BCUT2D eigenvalue weighted by Crippen LogP contribution is -2.30. The fourth-order valence-corrected chi connectivity index (χ4v) is 2.00. The number of fused-ring (bicyclic) bond motifs is 1. The molecule has 0 aliphatic heterocycles. The predicted molar refractivity (Wildman–Crippen MR) is 70.0 cm³/mol. The number of benzene rings is 1. The lowest BCUT2D eigenvalue weighted by Gasteiger charge is -2.17. The van der Waals surface area contributed by atoms with Crippen molar-refractivity contribution in [2.75, 3.05) is 18.8 Å². The van der Waals surface area contributed by atoms with Gasteiger partial charge in [-0.15, -0.1) is 0 Å². The molecular weight excluding hydrogens is 214 g/mol. The van der Waals surface area contributed by atoms with Crippen LogP contribution in [0.1, 0.15) is 24.2 Å². The molecule has 1 aromatic carbocycles. The lowest BCUT2D eigenvalue weighted by atomic mass is 10.1. The van der Waals surface area contributed by atoms with Crippen LogP contribution in [0.25, 0.3) is 10.9 Å². The Morgan fingerprint density at radius 1 is 1.35 bits per heavy atom. The summed E-state index contributed by atoms with van der Waals surface area (Å²) >= 11 is 0. The minimum absolute atomic E-state index is 0.0611. The second kappa shape index (κ2) is 4.49. The number of aromatic nitrogens is 1. The summed E-state index contributed by atoms with van der Waals surface area (Å²) in [5.41, 5.74) is 8.02. The van der Waals surface area contributed by atoms with Crippen molar-refractivity contribution in [2.45, 2.75) is 13.8 Å². The number of rotatable bonds is 3. The van der Waals surface area contributed by atoms with Crippen LogP contribution in [0, 0.1) is 0 Å². The molecule has 0 bridgehead atoms. The van der Waals surface area contributed by atoms with E-state index in [9.17, 15) is 4.79 Å². The third-order valence-corrected chi connectivity index (χ3v) is 2.99. The highest BCUT2D eigenvalue weighted by Crippen LogP contribution is 2.21. The maximum absolute atomic E-state index is 12.2. The molecule has 1 aromatic heterocycles. The Kier molecular flexibility index (Phi) is 3.04. The first-order valence-electron chi connectivity index (χ1n) is 5.83. The van der Waals surface area contributed by atoms with Gasteiger partial charge >= 0.3 is 0 Å². The zero-order valence-electron chi connectivity index (χ0n) is 10.2. The molecule has 0 aliphatic carbocycles. The number of nitrogen functional groups attached to an aromatic ring is 1. The van der Waals surface area contributed by atoms with Crippen molar-refractivity contribution in [3.05, 3.63) is 30.0 Å². The number of aromatic amines is 1. The standard InChI is InChI=1S/C13H17N3O/c1-3-16(4-2)13(17)11-8-15-12-7-9(14)5-6-10(11)12/h5-8,15H,3-4,14H2,1-2H3. The normalized spacial score (nSPS) is 10.7. The number of amides is 1. The molecule has 1 amide bonds. The average molecular weight is 231 g/mol. The van der Waals surface area contributed by atoms with Crippen LogP contribution in [0.15, 0.2) is 24.4 Å². The van der Waals surface area contributed by atoms with Gasteiger partial charge in [0.05, 0.1) is 5.56 Å². The fraction of sp³-hybridized carbons (Fsp3) is 0.308. The number of carbonyl (C=O) groups excluding carboxylic acids is 1. The summed E-state index contributed by atoms with van der Waals surface area (Å²) in [5.74, 6) is 0.0611. The summed E-state index contributed by atoms with van der Waals surface area (Å²) in [6, 6.07) is 5.54. The van der Waals surface area contributed by atoms with Gasteiger partial charge in [-0.05, 0) is 32.0 Å². The Hall–Kier alpha value is -1.97. The number of nitrogens with zero attached hydrogens (tertiary/aromatic N) is 1. The zero-order valence-corrected chi connectivity index (χ0v) is 10.2. The highest BCUT2D eigenvalue weighted by atomic mass is 16.2. The molecule has 2 rings (SSSR count). The Bertz CT molecular complexity index is 541. The Morgan fingerprint density at radius 2 is 2.06 bits per heavy atom. The molecule has 0 saturated heterocycles. The van der Waals surface area contributed by atoms with Crippen LogP contribution in [-0.2, 0) is 0 Å². The molecule has 0 radical (unpaired) electrons. The molecule has 0 unspecified atom stereocenters. The lowest BCUT2D eigenvalue weighted by molar-refractivity contribution is 0.0775. The smallest absolute Gasteiger partial charge is 0.256 e. The first-order chi connectivity index (χ1) is 8.17. The maximum Gasteiger partial charge on any atom is 0.256 e. The summed E-state index contributed by atoms with van der Waals surface area (Å²) in [5, 5.41) is 0.927. The monoisotopic (exact) mass is 231 g/mol. The average Bonchev–Trinajstić information content (AvgIpc) is 2.73. The highest BCUT2D eigenvalue weighted by Gasteiger charge is 2.16. The highest BCUT2D eigenvalue weighted by molar-refractivity contribution is 6.07. The number of nitrogens with one attached hydrogen (secondary N) is 1. The van der Waals surface area contributed by atoms with Gasteiger partial charge in [0.15, 0.2) is 0 Å². The van der Waals surface area contributed by atoms with Crippen molar-refractivity contribution in [2.24, 2.45) is 0 Å². The second-order valence-electron chi connectivity index (χ2n) is 3.98. The van der Waals surface area contributed by atoms with Gasteiger partial charge in [0.1, 0.15) is 0 Å². The van der Waals surface area contributed by atoms with E-state index in [1.165, 1.54) is 0 Å². The van der Waals surface area contributed by atoms with Crippen molar-refractivity contribution >= 4 is 22.5 Å². The van der Waals surface area contributed by atoms with E-state index in [1.54, 1.807) is 11.1 Å². The van der Waals surface area contributed by atoms with Crippen LogP contribution in [0.2, 0.25) is 0 Å². The maximum atomic E-state index is 12.2. The predicted octanol–water partition coefficient (Wildman–Crippen LogP) is 2.23. The van der Waals surface area contributed by atoms with Gasteiger partial charge in [0.25, 0.3) is 5.91 Å². The number of hydrogen-bond acceptors (Lipinski definition) is 2. The SMILES string of the molecule is CCN(CC)C(=O)c1c[nH]c2cc(N)ccc12. The van der Waals surface area contributed by atoms with E-state index in [4.69, 9.17) is 5.73 Å². The molecule has 4 nitrogen and oxygen atoms in total. The number of hydrogen-bond donors (Lipinski definition) is 2. The van der Waals surface area contributed by atoms with Gasteiger partial charge in [-0.2, -0.15) is 0 Å². The Balaban J connectivity index is 2.46. The quantitative estimate of drug-likeness (QED) is 0.796. The Morgan fingerprint density at radius 3 is 2.71 bits per heavy atom. The third kappa shape index (κ3) is 1.98. The number of nitrogens with two attached hydrogens (primary N) is 1. The number of H-pyrrole nitrogens is 1. The molecule has 0 atom stereocenters. The summed E-state index contributed by atoms with van der Waals surface area (Å²) in [7, 11) is 0. The van der Waals surface area contributed by atoms with Crippen LogP contribution in [-0.4, -0.2) is 28.9 Å². The van der Waals surface area contributed by atoms with Gasteiger partial charge in [-0.25, -0.2) is 0 Å². The van der Waals surface area contributed by atoms with E-state index < -0.39 is 0 Å². The van der Waals surface area contributed by atoms with E-state index in [1.807, 2.05) is 32.0 Å². The minimum Gasteiger partial charge on any atom is -0.399 e. The molecule has 17 heavy (non-hydrogen) atoms. The molecule has 0 aliphatic rings. The van der Waals surface area contributed by atoms with E-state index >= 15 is 0 Å². The van der Waals surface area contributed by atoms with Crippen molar-refractivity contribution < 1.29 is 4.79 Å². The van der Waals surface area contributed by atoms with Gasteiger partial charge < -0.3 is 15.6 Å². The number of anilines is 1. The van der Waals surface area contributed by atoms with Crippen LogP contribution >= 0.6 is 0 Å². The molecule has 0 spiro atoms. The van der Waals surface area contributed by atoms with Gasteiger partial charge in [0, 0.05) is 35.9 Å². The molecule has 1 heterocycles. The van der Waals surface area contributed by atoms with Crippen LogP contribution in [0.5, 0.6) is 0 Å². The second-order valence-corrected chi connectivity index (χ2v) is 3.98. The van der Waals surface area contributed by atoms with Crippen molar-refractivity contribution in [1.82, 2.24) is 9.88 Å². The molecular formula is C13H17N3O. The molecule has 0 saturated carbocycles. The van der Waals surface area contributed by atoms with Crippen molar-refractivity contribution in [1.29, 1.82) is 0 Å². The van der Waals surface area contributed by atoms with E-state index in [0.29, 0.717) is 11.3 Å². The van der Waals surface area contributed by atoms with Crippen LogP contribution < -0.4 is 5.73 Å². The van der Waals surface area contributed by atoms with Crippen molar-refractivity contribution in [3.8, 4) is 0 Å². The van der Waals surface area contributed by atoms with Crippen LogP contribution in [0.3, 0.4) is 0 Å². The summed E-state index contributed by atoms with van der Waals surface area (Å²) in [4.78, 5) is 17.1. The van der Waals surface area contributed by atoms with E-state index in [2.05, 4.69) is 4.98 Å². The molecule has 3 N–H and O–H groups in total. The molecule has 0 fully saturated rings. The molecule has 90 valence electrons. The van der Waals surface area contributed by atoms with Crippen LogP contribution in [0.4, 0.5) is 5.69 Å².